The summed E-state index contributed by atoms with van der Waals surface area (Å²) in [4.78, 5) is 19.0. The number of pyridine rings is 1. The van der Waals surface area contributed by atoms with E-state index in [9.17, 15) is 4.79 Å². The van der Waals surface area contributed by atoms with Crippen LogP contribution in [0, 0.1) is 12.3 Å². The van der Waals surface area contributed by atoms with Gasteiger partial charge in [-0.2, -0.15) is 5.10 Å². The molecule has 2 N–H and O–H groups in total. The number of morpholine rings is 1. The highest BCUT2D eigenvalue weighted by Crippen LogP contribution is 2.17. The molecule has 0 bridgehead atoms. The Kier molecular flexibility index (Phi) is 5.91. The lowest BCUT2D eigenvalue weighted by Crippen LogP contribution is -2.40. The molecule has 8 nitrogen and oxygen atoms in total. The number of amidine groups is 1. The monoisotopic (exact) mass is 468 g/mol. The van der Waals surface area contributed by atoms with E-state index < -0.39 is 0 Å². The molecule has 3 aromatic rings. The molecule has 0 spiro atoms. The molecule has 1 aliphatic rings. The number of anilines is 1. The normalized spacial score (nSPS) is 13.9. The minimum absolute atomic E-state index is 0.296. The molecule has 1 aliphatic heterocycles. The van der Waals surface area contributed by atoms with Crippen molar-refractivity contribution >= 4 is 33.5 Å². The third-order valence-corrected chi connectivity index (χ3v) is 5.21. The zero-order valence-electron chi connectivity index (χ0n) is 16.4. The van der Waals surface area contributed by atoms with E-state index in [4.69, 9.17) is 10.1 Å². The summed E-state index contributed by atoms with van der Waals surface area (Å²) in [5.41, 5.74) is 2.70. The molecule has 3 heterocycles. The maximum absolute atomic E-state index is 12.8. The van der Waals surface area contributed by atoms with Crippen molar-refractivity contribution in [3.05, 3.63) is 70.1 Å². The quantitative estimate of drug-likeness (QED) is 0.452. The molecule has 0 unspecified atom stereocenters. The maximum Gasteiger partial charge on any atom is 0.275 e. The molecule has 30 heavy (non-hydrogen) atoms. The van der Waals surface area contributed by atoms with Crippen molar-refractivity contribution < 1.29 is 9.53 Å². The molecule has 1 amide bonds. The van der Waals surface area contributed by atoms with Crippen molar-refractivity contribution in [1.82, 2.24) is 19.7 Å². The summed E-state index contributed by atoms with van der Waals surface area (Å²) in [5, 5.41) is 15.7. The van der Waals surface area contributed by atoms with Gasteiger partial charge in [0.15, 0.2) is 0 Å². The number of hydrogen-bond donors (Lipinski definition) is 2. The van der Waals surface area contributed by atoms with E-state index in [-0.39, 0.29) is 5.91 Å². The standard InChI is InChI=1S/C21H21BrN6O2/c1-14-12-18(21(29)25-19-7-4-16(22)13-24-19)28(26-14)17-5-2-15(3-6-17)20(23)27-8-10-30-11-9-27/h2-7,12-13,23H,8-11H2,1H3,(H,24,25,29). The molecule has 1 fully saturated rings. The van der Waals surface area contributed by atoms with E-state index in [1.54, 1.807) is 23.0 Å². The number of carbonyl (C=O) groups excluding carboxylic acids is 1. The van der Waals surface area contributed by atoms with Gasteiger partial charge in [0.2, 0.25) is 0 Å². The van der Waals surface area contributed by atoms with E-state index >= 15 is 0 Å². The van der Waals surface area contributed by atoms with Crippen molar-refractivity contribution in [2.45, 2.75) is 6.92 Å². The minimum Gasteiger partial charge on any atom is -0.378 e. The molecular weight excluding hydrogens is 448 g/mol. The summed E-state index contributed by atoms with van der Waals surface area (Å²) < 4.78 is 7.79. The first kappa shape index (κ1) is 20.2. The fraction of sp³-hybridized carbons (Fsp3) is 0.238. The fourth-order valence-corrected chi connectivity index (χ4v) is 3.45. The van der Waals surface area contributed by atoms with Crippen LogP contribution in [0.15, 0.2) is 53.1 Å². The number of nitrogens with zero attached hydrogens (tertiary/aromatic N) is 4. The molecule has 0 radical (unpaired) electrons. The van der Waals surface area contributed by atoms with Crippen LogP contribution in [-0.4, -0.2) is 57.7 Å². The Bertz CT molecular complexity index is 1060. The largest absolute Gasteiger partial charge is 0.378 e. The first-order valence-electron chi connectivity index (χ1n) is 9.53. The van der Waals surface area contributed by atoms with Crippen LogP contribution in [0.2, 0.25) is 0 Å². The number of aryl methyl sites for hydroxylation is 1. The molecule has 1 aromatic carbocycles. The summed E-state index contributed by atoms with van der Waals surface area (Å²) in [6, 6.07) is 12.8. The van der Waals surface area contributed by atoms with Crippen LogP contribution in [0.25, 0.3) is 5.69 Å². The third kappa shape index (κ3) is 4.42. The van der Waals surface area contributed by atoms with Gasteiger partial charge in [-0.05, 0) is 65.3 Å². The number of ether oxygens (including phenoxy) is 1. The van der Waals surface area contributed by atoms with Crippen molar-refractivity contribution in [2.75, 3.05) is 31.6 Å². The summed E-state index contributed by atoms with van der Waals surface area (Å²) in [6.45, 7) is 4.55. The number of hydrogen-bond acceptors (Lipinski definition) is 5. The number of carbonyl (C=O) groups is 1. The minimum atomic E-state index is -0.296. The van der Waals surface area contributed by atoms with Crippen LogP contribution < -0.4 is 5.32 Å². The average Bonchev–Trinajstić information content (AvgIpc) is 3.17. The number of aromatic nitrogens is 3. The highest BCUT2D eigenvalue weighted by Gasteiger charge is 2.18. The molecule has 0 atom stereocenters. The van der Waals surface area contributed by atoms with Crippen LogP contribution in [0.5, 0.6) is 0 Å². The Hall–Kier alpha value is -3.04. The van der Waals surface area contributed by atoms with Crippen LogP contribution in [-0.2, 0) is 4.74 Å². The molecule has 2 aromatic heterocycles. The van der Waals surface area contributed by atoms with Gasteiger partial charge in [-0.25, -0.2) is 9.67 Å². The molecule has 4 rings (SSSR count). The molecule has 9 heteroatoms. The summed E-state index contributed by atoms with van der Waals surface area (Å²) >= 11 is 3.33. The Labute approximate surface area is 182 Å². The van der Waals surface area contributed by atoms with Crippen molar-refractivity contribution in [2.24, 2.45) is 0 Å². The fourth-order valence-electron chi connectivity index (χ4n) is 3.22. The lowest BCUT2D eigenvalue weighted by molar-refractivity contribution is 0.0680. The predicted molar refractivity (Wildman–Crippen MR) is 117 cm³/mol. The van der Waals surface area contributed by atoms with Crippen LogP contribution in [0.1, 0.15) is 21.7 Å². The summed E-state index contributed by atoms with van der Waals surface area (Å²) in [6.07, 6.45) is 1.63. The Morgan fingerprint density at radius 2 is 1.90 bits per heavy atom. The van der Waals surface area contributed by atoms with E-state index in [1.165, 1.54) is 0 Å². The van der Waals surface area contributed by atoms with Gasteiger partial charge in [-0.3, -0.25) is 10.2 Å². The smallest absolute Gasteiger partial charge is 0.275 e. The van der Waals surface area contributed by atoms with E-state index in [1.807, 2.05) is 42.2 Å². The van der Waals surface area contributed by atoms with Crippen LogP contribution >= 0.6 is 15.9 Å². The zero-order valence-corrected chi connectivity index (χ0v) is 18.0. The predicted octanol–water partition coefficient (Wildman–Crippen LogP) is 3.25. The highest BCUT2D eigenvalue weighted by molar-refractivity contribution is 9.10. The average molecular weight is 469 g/mol. The lowest BCUT2D eigenvalue weighted by Gasteiger charge is -2.29. The van der Waals surface area contributed by atoms with Gasteiger partial charge >= 0.3 is 0 Å². The van der Waals surface area contributed by atoms with Gasteiger partial charge < -0.3 is 15.0 Å². The van der Waals surface area contributed by atoms with E-state index in [0.29, 0.717) is 43.7 Å². The van der Waals surface area contributed by atoms with Crippen molar-refractivity contribution in [3.8, 4) is 5.69 Å². The Balaban J connectivity index is 1.54. The second-order valence-corrected chi connectivity index (χ2v) is 7.81. The first-order chi connectivity index (χ1) is 14.5. The Morgan fingerprint density at radius 1 is 1.17 bits per heavy atom. The maximum atomic E-state index is 12.8. The first-order valence-corrected chi connectivity index (χ1v) is 10.3. The molecule has 154 valence electrons. The summed E-state index contributed by atoms with van der Waals surface area (Å²) in [7, 11) is 0. The number of nitrogens with one attached hydrogen (secondary N) is 2. The number of amides is 1. The van der Waals surface area contributed by atoms with E-state index in [0.717, 1.165) is 21.4 Å². The van der Waals surface area contributed by atoms with Crippen molar-refractivity contribution in [3.63, 3.8) is 0 Å². The van der Waals surface area contributed by atoms with Gasteiger partial charge in [0, 0.05) is 29.3 Å². The van der Waals surface area contributed by atoms with Gasteiger partial charge in [-0.15, -0.1) is 0 Å². The molecule has 0 aliphatic carbocycles. The number of rotatable bonds is 4. The highest BCUT2D eigenvalue weighted by atomic mass is 79.9. The van der Waals surface area contributed by atoms with E-state index in [2.05, 4.69) is 31.3 Å². The third-order valence-electron chi connectivity index (χ3n) is 4.75. The molecule has 0 saturated carbocycles. The Morgan fingerprint density at radius 3 is 2.57 bits per heavy atom. The summed E-state index contributed by atoms with van der Waals surface area (Å²) in [5.74, 6) is 0.638. The molecule has 1 saturated heterocycles. The van der Waals surface area contributed by atoms with Crippen molar-refractivity contribution in [1.29, 1.82) is 5.41 Å². The number of halogens is 1. The van der Waals surface area contributed by atoms with Gasteiger partial charge in [-0.1, -0.05) is 0 Å². The second-order valence-electron chi connectivity index (χ2n) is 6.89. The zero-order chi connectivity index (χ0) is 21.1. The molecular formula is C21H21BrN6O2. The SMILES string of the molecule is Cc1cc(C(=O)Nc2ccc(Br)cn2)n(-c2ccc(C(=N)N3CCOCC3)cc2)n1. The van der Waals surface area contributed by atoms with Crippen LogP contribution in [0.4, 0.5) is 5.82 Å². The van der Waals surface area contributed by atoms with Gasteiger partial charge in [0.1, 0.15) is 17.3 Å². The number of benzene rings is 1. The van der Waals surface area contributed by atoms with Crippen LogP contribution in [0.3, 0.4) is 0 Å². The second kappa shape index (κ2) is 8.76. The van der Waals surface area contributed by atoms with Gasteiger partial charge in [0.25, 0.3) is 5.91 Å². The lowest BCUT2D eigenvalue weighted by atomic mass is 10.1. The topological polar surface area (TPSA) is 96.1 Å². The van der Waals surface area contributed by atoms with Gasteiger partial charge in [0.05, 0.1) is 24.6 Å².